The van der Waals surface area contributed by atoms with Gasteiger partial charge in [0.25, 0.3) is 0 Å². The first-order valence-electron chi connectivity index (χ1n) is 6.20. The van der Waals surface area contributed by atoms with Crippen LogP contribution in [0.25, 0.3) is 10.2 Å². The predicted molar refractivity (Wildman–Crippen MR) is 83.0 cm³/mol. The minimum absolute atomic E-state index is 0.0945. The molecule has 3 aromatic rings. The van der Waals surface area contributed by atoms with Gasteiger partial charge in [0.2, 0.25) is 5.78 Å². The quantitative estimate of drug-likeness (QED) is 0.708. The maximum atomic E-state index is 12.9. The number of halogens is 1. The molecule has 108 valence electrons. The standard InChI is InChI=1S/C15H9FN4OS/c16-9-3-1-7(2-4-9)12(21)13-11(18)10-5-8(6-17)14(19)20-15(10)22-13/h1-5H,18H2,(H2,19,20). The highest BCUT2D eigenvalue weighted by Crippen LogP contribution is 2.35. The number of aromatic nitrogens is 1. The zero-order valence-electron chi connectivity index (χ0n) is 11.1. The maximum absolute atomic E-state index is 12.9. The third kappa shape index (κ3) is 2.16. The molecule has 0 aliphatic rings. The number of fused-ring (bicyclic) bond motifs is 1. The molecule has 0 unspecified atom stereocenters. The van der Waals surface area contributed by atoms with E-state index in [0.717, 1.165) is 11.3 Å². The van der Waals surface area contributed by atoms with E-state index in [-0.39, 0.29) is 22.9 Å². The second kappa shape index (κ2) is 5.09. The number of nitrogens with two attached hydrogens (primary N) is 2. The van der Waals surface area contributed by atoms with E-state index in [4.69, 9.17) is 16.7 Å². The molecule has 0 atom stereocenters. The largest absolute Gasteiger partial charge is 0.397 e. The predicted octanol–water partition coefficient (Wildman–Crippen LogP) is 2.70. The first kappa shape index (κ1) is 14.0. The molecular weight excluding hydrogens is 303 g/mol. The zero-order chi connectivity index (χ0) is 15.9. The van der Waals surface area contributed by atoms with E-state index in [2.05, 4.69) is 4.98 Å². The number of benzene rings is 1. The van der Waals surface area contributed by atoms with Gasteiger partial charge in [-0.1, -0.05) is 0 Å². The molecule has 5 nitrogen and oxygen atoms in total. The van der Waals surface area contributed by atoms with Crippen molar-refractivity contribution >= 4 is 38.8 Å². The number of hydrogen-bond acceptors (Lipinski definition) is 6. The number of nitriles is 1. The molecule has 1 aromatic carbocycles. The number of pyridine rings is 1. The number of anilines is 2. The van der Waals surface area contributed by atoms with Crippen molar-refractivity contribution in [3.63, 3.8) is 0 Å². The molecule has 2 aromatic heterocycles. The normalized spacial score (nSPS) is 10.5. The van der Waals surface area contributed by atoms with E-state index < -0.39 is 5.82 Å². The highest BCUT2D eigenvalue weighted by atomic mass is 32.1. The monoisotopic (exact) mass is 312 g/mol. The molecule has 0 saturated heterocycles. The minimum atomic E-state index is -0.422. The van der Waals surface area contributed by atoms with Crippen LogP contribution in [0.4, 0.5) is 15.9 Å². The number of ketones is 1. The van der Waals surface area contributed by atoms with E-state index >= 15 is 0 Å². The number of rotatable bonds is 2. The second-order valence-corrected chi connectivity index (χ2v) is 5.57. The van der Waals surface area contributed by atoms with Crippen LogP contribution in [0.1, 0.15) is 20.8 Å². The first-order valence-corrected chi connectivity index (χ1v) is 7.01. The molecule has 3 rings (SSSR count). The molecule has 4 N–H and O–H groups in total. The Morgan fingerprint density at radius 1 is 1.27 bits per heavy atom. The molecule has 22 heavy (non-hydrogen) atoms. The Morgan fingerprint density at radius 3 is 2.59 bits per heavy atom. The van der Waals surface area contributed by atoms with Crippen molar-refractivity contribution in [2.24, 2.45) is 0 Å². The molecule has 0 saturated carbocycles. The van der Waals surface area contributed by atoms with Crippen molar-refractivity contribution in [1.29, 1.82) is 5.26 Å². The van der Waals surface area contributed by atoms with Crippen LogP contribution in [0.15, 0.2) is 30.3 Å². The van der Waals surface area contributed by atoms with Crippen molar-refractivity contribution in [2.45, 2.75) is 0 Å². The molecule has 0 bridgehead atoms. The first-order chi connectivity index (χ1) is 10.5. The Morgan fingerprint density at radius 2 is 1.95 bits per heavy atom. The fraction of sp³-hybridized carbons (Fsp3) is 0. The summed E-state index contributed by atoms with van der Waals surface area (Å²) in [6, 6.07) is 8.65. The van der Waals surface area contributed by atoms with Gasteiger partial charge in [-0.3, -0.25) is 4.79 Å². The van der Waals surface area contributed by atoms with Gasteiger partial charge in [-0.15, -0.1) is 11.3 Å². The summed E-state index contributed by atoms with van der Waals surface area (Å²) in [5.41, 5.74) is 12.5. The van der Waals surface area contributed by atoms with Crippen LogP contribution in [0.3, 0.4) is 0 Å². The summed E-state index contributed by atoms with van der Waals surface area (Å²) in [6.07, 6.45) is 0. The number of nitrogen functional groups attached to an aromatic ring is 2. The van der Waals surface area contributed by atoms with E-state index in [1.807, 2.05) is 6.07 Å². The van der Waals surface area contributed by atoms with E-state index in [1.165, 1.54) is 30.3 Å². The number of hydrogen-bond donors (Lipinski definition) is 2. The topological polar surface area (TPSA) is 106 Å². The van der Waals surface area contributed by atoms with Crippen LogP contribution in [-0.4, -0.2) is 10.8 Å². The van der Waals surface area contributed by atoms with Crippen molar-refractivity contribution in [2.75, 3.05) is 11.5 Å². The van der Waals surface area contributed by atoms with Gasteiger partial charge in [-0.2, -0.15) is 5.26 Å². The molecule has 0 spiro atoms. The Balaban J connectivity index is 2.15. The number of thiophene rings is 1. The molecule has 0 radical (unpaired) electrons. The van der Waals surface area contributed by atoms with Crippen LogP contribution < -0.4 is 11.5 Å². The lowest BCUT2D eigenvalue weighted by atomic mass is 10.1. The summed E-state index contributed by atoms with van der Waals surface area (Å²) in [5, 5.41) is 9.49. The van der Waals surface area contributed by atoms with E-state index in [9.17, 15) is 9.18 Å². The van der Waals surface area contributed by atoms with Gasteiger partial charge in [0.1, 0.15) is 27.4 Å². The number of carbonyl (C=O) groups excluding carboxylic acids is 1. The van der Waals surface area contributed by atoms with Crippen LogP contribution >= 0.6 is 11.3 Å². The summed E-state index contributed by atoms with van der Waals surface area (Å²) in [4.78, 5) is 17.4. The molecule has 0 aliphatic carbocycles. The molecule has 0 aliphatic heterocycles. The Hall–Kier alpha value is -2.98. The van der Waals surface area contributed by atoms with Crippen molar-refractivity contribution in [1.82, 2.24) is 4.98 Å². The average Bonchev–Trinajstić information content (AvgIpc) is 2.82. The molecule has 7 heteroatoms. The van der Waals surface area contributed by atoms with E-state index in [0.29, 0.717) is 20.7 Å². The third-order valence-corrected chi connectivity index (χ3v) is 4.30. The minimum Gasteiger partial charge on any atom is -0.397 e. The van der Waals surface area contributed by atoms with Gasteiger partial charge in [0.15, 0.2) is 0 Å². The highest BCUT2D eigenvalue weighted by molar-refractivity contribution is 7.21. The molecule has 0 amide bonds. The van der Waals surface area contributed by atoms with Gasteiger partial charge in [-0.05, 0) is 30.3 Å². The second-order valence-electron chi connectivity index (χ2n) is 4.57. The van der Waals surface area contributed by atoms with Gasteiger partial charge in [0, 0.05) is 10.9 Å². The van der Waals surface area contributed by atoms with Crippen LogP contribution in [0.5, 0.6) is 0 Å². The number of nitrogens with zero attached hydrogens (tertiary/aromatic N) is 2. The summed E-state index contributed by atoms with van der Waals surface area (Å²) in [5.74, 6) is -0.649. The van der Waals surface area contributed by atoms with Gasteiger partial charge < -0.3 is 11.5 Å². The van der Waals surface area contributed by atoms with Crippen LogP contribution in [0.2, 0.25) is 0 Å². The zero-order valence-corrected chi connectivity index (χ0v) is 11.9. The van der Waals surface area contributed by atoms with Crippen LogP contribution in [0, 0.1) is 17.1 Å². The maximum Gasteiger partial charge on any atom is 0.205 e. The SMILES string of the molecule is N#Cc1cc2c(N)c(C(=O)c3ccc(F)cc3)sc2nc1N. The molecular formula is C15H9FN4OS. The smallest absolute Gasteiger partial charge is 0.205 e. The Labute approximate surface area is 128 Å². The average molecular weight is 312 g/mol. The van der Waals surface area contributed by atoms with Gasteiger partial charge in [-0.25, -0.2) is 9.37 Å². The lowest BCUT2D eigenvalue weighted by molar-refractivity contribution is 0.104. The van der Waals surface area contributed by atoms with Crippen molar-refractivity contribution in [3.8, 4) is 6.07 Å². The van der Waals surface area contributed by atoms with Gasteiger partial charge in [0.05, 0.1) is 11.3 Å². The van der Waals surface area contributed by atoms with Crippen LogP contribution in [-0.2, 0) is 0 Å². The van der Waals surface area contributed by atoms with Crippen molar-refractivity contribution < 1.29 is 9.18 Å². The summed E-state index contributed by atoms with van der Waals surface area (Å²) >= 11 is 1.10. The fourth-order valence-electron chi connectivity index (χ4n) is 2.05. The van der Waals surface area contributed by atoms with Gasteiger partial charge >= 0.3 is 0 Å². The Bertz CT molecular complexity index is 941. The number of carbonyl (C=O) groups is 1. The lowest BCUT2D eigenvalue weighted by Crippen LogP contribution is -2.02. The van der Waals surface area contributed by atoms with Crippen molar-refractivity contribution in [3.05, 3.63) is 52.2 Å². The molecule has 0 fully saturated rings. The summed E-state index contributed by atoms with van der Waals surface area (Å²) < 4.78 is 12.9. The lowest BCUT2D eigenvalue weighted by Gasteiger charge is -2.00. The summed E-state index contributed by atoms with van der Waals surface area (Å²) in [7, 11) is 0. The Kier molecular flexibility index (Phi) is 3.23. The molecule has 2 heterocycles. The fourth-order valence-corrected chi connectivity index (χ4v) is 3.09. The summed E-state index contributed by atoms with van der Waals surface area (Å²) in [6.45, 7) is 0. The van der Waals surface area contributed by atoms with E-state index in [1.54, 1.807) is 0 Å². The third-order valence-electron chi connectivity index (χ3n) is 3.18. The highest BCUT2D eigenvalue weighted by Gasteiger charge is 2.20.